The fraction of sp³-hybridized carbons (Fsp3) is 0.667. The Bertz CT molecular complexity index is 428. The Kier molecular flexibility index (Phi) is 5.62. The Hall–Kier alpha value is -1.49. The quantitative estimate of drug-likeness (QED) is 0.747. The molecule has 0 saturated carbocycles. The fourth-order valence-electron chi connectivity index (χ4n) is 1.88. The molecule has 5 heteroatoms. The van der Waals surface area contributed by atoms with E-state index < -0.39 is 0 Å². The van der Waals surface area contributed by atoms with E-state index >= 15 is 0 Å². The van der Waals surface area contributed by atoms with E-state index in [2.05, 4.69) is 31.1 Å². The second kappa shape index (κ2) is 6.79. The summed E-state index contributed by atoms with van der Waals surface area (Å²) < 4.78 is 5.59. The van der Waals surface area contributed by atoms with Crippen LogP contribution in [0.3, 0.4) is 0 Å². The lowest BCUT2D eigenvalue weighted by molar-refractivity contribution is 0.231. The summed E-state index contributed by atoms with van der Waals surface area (Å²) >= 11 is 0. The number of aromatic nitrogens is 1. The van der Waals surface area contributed by atoms with Gasteiger partial charge in [-0.15, -0.1) is 0 Å². The van der Waals surface area contributed by atoms with Crippen molar-refractivity contribution in [3.8, 4) is 5.88 Å². The zero-order chi connectivity index (χ0) is 15.3. The Labute approximate surface area is 121 Å². The first kappa shape index (κ1) is 16.6. The van der Waals surface area contributed by atoms with Crippen molar-refractivity contribution in [2.24, 2.45) is 5.41 Å². The van der Waals surface area contributed by atoms with E-state index in [1.807, 2.05) is 19.9 Å². The Morgan fingerprint density at radius 3 is 2.50 bits per heavy atom. The minimum absolute atomic E-state index is 0.0187. The van der Waals surface area contributed by atoms with Crippen molar-refractivity contribution in [2.75, 3.05) is 17.7 Å². The van der Waals surface area contributed by atoms with Crippen LogP contribution in [0.25, 0.3) is 0 Å². The summed E-state index contributed by atoms with van der Waals surface area (Å²) in [7, 11) is 0. The molecule has 0 aliphatic carbocycles. The van der Waals surface area contributed by atoms with Crippen LogP contribution >= 0.6 is 0 Å². The molecule has 0 radical (unpaired) electrons. The smallest absolute Gasteiger partial charge is 0.239 e. The summed E-state index contributed by atoms with van der Waals surface area (Å²) in [5.41, 5.74) is 6.40. The molecule has 114 valence electrons. The molecule has 0 spiro atoms. The molecule has 0 bridgehead atoms. The van der Waals surface area contributed by atoms with E-state index in [1.165, 1.54) is 0 Å². The highest BCUT2D eigenvalue weighted by molar-refractivity contribution is 5.54. The zero-order valence-electron chi connectivity index (χ0n) is 13.1. The van der Waals surface area contributed by atoms with E-state index in [0.717, 1.165) is 0 Å². The summed E-state index contributed by atoms with van der Waals surface area (Å²) in [6.07, 6.45) is 0.687. The first-order valence-electron chi connectivity index (χ1n) is 7.04. The number of nitrogen functional groups attached to an aromatic ring is 1. The zero-order valence-corrected chi connectivity index (χ0v) is 13.1. The molecule has 5 nitrogen and oxygen atoms in total. The van der Waals surface area contributed by atoms with Gasteiger partial charge in [-0.3, -0.25) is 0 Å². The number of aliphatic hydroxyl groups is 1. The van der Waals surface area contributed by atoms with Crippen LogP contribution in [0.15, 0.2) is 12.1 Å². The summed E-state index contributed by atoms with van der Waals surface area (Å²) in [6, 6.07) is 3.74. The SMILES string of the molecule is CC(C)Oc1nc(NC(CCO)C(C)(C)C)ccc1N. The van der Waals surface area contributed by atoms with Crippen LogP contribution in [0.1, 0.15) is 41.0 Å². The van der Waals surface area contributed by atoms with E-state index in [9.17, 15) is 5.11 Å². The van der Waals surface area contributed by atoms with Gasteiger partial charge in [-0.05, 0) is 37.8 Å². The van der Waals surface area contributed by atoms with Gasteiger partial charge in [0.1, 0.15) is 5.82 Å². The van der Waals surface area contributed by atoms with E-state index in [-0.39, 0.29) is 24.2 Å². The average molecular weight is 281 g/mol. The van der Waals surface area contributed by atoms with Crippen molar-refractivity contribution in [1.82, 2.24) is 4.98 Å². The van der Waals surface area contributed by atoms with Gasteiger partial charge in [0.2, 0.25) is 5.88 Å². The largest absolute Gasteiger partial charge is 0.473 e. The number of anilines is 2. The van der Waals surface area contributed by atoms with Crippen LogP contribution in [0.5, 0.6) is 5.88 Å². The topological polar surface area (TPSA) is 80.4 Å². The van der Waals surface area contributed by atoms with E-state index in [0.29, 0.717) is 23.8 Å². The normalized spacial score (nSPS) is 13.3. The van der Waals surface area contributed by atoms with E-state index in [4.69, 9.17) is 10.5 Å². The number of hydrogen-bond acceptors (Lipinski definition) is 5. The number of nitrogens with two attached hydrogens (primary N) is 1. The lowest BCUT2D eigenvalue weighted by atomic mass is 9.85. The van der Waals surface area contributed by atoms with Crippen LogP contribution in [-0.2, 0) is 0 Å². The second-order valence-electron chi connectivity index (χ2n) is 6.33. The van der Waals surface area contributed by atoms with Gasteiger partial charge in [0.25, 0.3) is 0 Å². The molecule has 4 N–H and O–H groups in total. The third kappa shape index (κ3) is 4.89. The van der Waals surface area contributed by atoms with Crippen LogP contribution in [0, 0.1) is 5.41 Å². The molecule has 1 unspecified atom stereocenters. The van der Waals surface area contributed by atoms with Crippen molar-refractivity contribution in [3.05, 3.63) is 12.1 Å². The maximum Gasteiger partial charge on any atom is 0.239 e. The highest BCUT2D eigenvalue weighted by Crippen LogP contribution is 2.27. The third-order valence-corrected chi connectivity index (χ3v) is 3.02. The van der Waals surface area contributed by atoms with Gasteiger partial charge in [0.05, 0.1) is 11.8 Å². The highest BCUT2D eigenvalue weighted by Gasteiger charge is 2.24. The molecule has 20 heavy (non-hydrogen) atoms. The lowest BCUT2D eigenvalue weighted by Crippen LogP contribution is -2.35. The number of hydrogen-bond donors (Lipinski definition) is 3. The second-order valence-corrected chi connectivity index (χ2v) is 6.33. The number of rotatable bonds is 6. The number of ether oxygens (including phenoxy) is 1. The molecular weight excluding hydrogens is 254 g/mol. The number of pyridine rings is 1. The summed E-state index contributed by atoms with van der Waals surface area (Å²) in [5, 5.41) is 12.5. The number of nitrogens with one attached hydrogen (secondary N) is 1. The van der Waals surface area contributed by atoms with Crippen LogP contribution < -0.4 is 15.8 Å². The molecule has 1 heterocycles. The van der Waals surface area contributed by atoms with Crippen molar-refractivity contribution in [2.45, 2.75) is 53.2 Å². The summed E-state index contributed by atoms with van der Waals surface area (Å²) in [4.78, 5) is 4.41. The molecule has 0 fully saturated rings. The third-order valence-electron chi connectivity index (χ3n) is 3.02. The minimum Gasteiger partial charge on any atom is -0.473 e. The molecule has 0 aliphatic rings. The van der Waals surface area contributed by atoms with Gasteiger partial charge in [0.15, 0.2) is 0 Å². The molecule has 1 atom stereocenters. The average Bonchev–Trinajstić information content (AvgIpc) is 2.31. The molecule has 1 aromatic heterocycles. The minimum atomic E-state index is 0.0187. The molecular formula is C15H27N3O2. The van der Waals surface area contributed by atoms with Gasteiger partial charge < -0.3 is 20.9 Å². The van der Waals surface area contributed by atoms with Gasteiger partial charge in [-0.1, -0.05) is 20.8 Å². The Morgan fingerprint density at radius 1 is 1.35 bits per heavy atom. The predicted molar refractivity (Wildman–Crippen MR) is 83.0 cm³/mol. The molecule has 1 rings (SSSR count). The molecule has 0 aromatic carbocycles. The van der Waals surface area contributed by atoms with E-state index in [1.54, 1.807) is 6.07 Å². The summed E-state index contributed by atoms with van der Waals surface area (Å²) in [5.74, 6) is 1.16. The van der Waals surface area contributed by atoms with Crippen molar-refractivity contribution in [3.63, 3.8) is 0 Å². The van der Waals surface area contributed by atoms with Crippen molar-refractivity contribution < 1.29 is 9.84 Å². The van der Waals surface area contributed by atoms with Gasteiger partial charge in [-0.25, -0.2) is 0 Å². The number of nitrogens with zero attached hydrogens (tertiary/aromatic N) is 1. The fourth-order valence-corrected chi connectivity index (χ4v) is 1.88. The molecule has 0 amide bonds. The standard InChI is InChI=1S/C15H27N3O2/c1-10(2)20-14-11(16)6-7-13(18-14)17-12(8-9-19)15(3,4)5/h6-7,10,12,19H,8-9,16H2,1-5H3,(H,17,18). The first-order valence-corrected chi connectivity index (χ1v) is 7.04. The predicted octanol–water partition coefficient (Wildman–Crippen LogP) is 2.66. The van der Waals surface area contributed by atoms with Crippen molar-refractivity contribution >= 4 is 11.5 Å². The Morgan fingerprint density at radius 2 is 2.00 bits per heavy atom. The molecule has 0 saturated heterocycles. The maximum atomic E-state index is 9.19. The molecule has 1 aromatic rings. The van der Waals surface area contributed by atoms with Crippen LogP contribution in [-0.4, -0.2) is 28.8 Å². The van der Waals surface area contributed by atoms with Gasteiger partial charge in [-0.2, -0.15) is 4.98 Å². The first-order chi connectivity index (χ1) is 9.24. The van der Waals surface area contributed by atoms with Crippen LogP contribution in [0.2, 0.25) is 0 Å². The van der Waals surface area contributed by atoms with Gasteiger partial charge in [0, 0.05) is 12.6 Å². The maximum absolute atomic E-state index is 9.19. The highest BCUT2D eigenvalue weighted by atomic mass is 16.5. The monoisotopic (exact) mass is 281 g/mol. The van der Waals surface area contributed by atoms with Crippen molar-refractivity contribution in [1.29, 1.82) is 0 Å². The molecule has 0 aliphatic heterocycles. The Balaban J connectivity index is 2.90. The lowest BCUT2D eigenvalue weighted by Gasteiger charge is -2.31. The number of aliphatic hydroxyl groups excluding tert-OH is 1. The van der Waals surface area contributed by atoms with Gasteiger partial charge >= 0.3 is 0 Å². The summed E-state index contributed by atoms with van der Waals surface area (Å²) in [6.45, 7) is 10.4. The van der Waals surface area contributed by atoms with Crippen LogP contribution in [0.4, 0.5) is 11.5 Å².